The smallest absolute Gasteiger partial charge is 0.0992 e. The van der Waals surface area contributed by atoms with Gasteiger partial charge in [-0.25, -0.2) is 0 Å². The molecule has 0 heterocycles. The molecule has 102 valence electrons. The Hall–Kier alpha value is -2.47. The Bertz CT molecular complexity index is 681. The quantitative estimate of drug-likeness (QED) is 0.832. The van der Waals surface area contributed by atoms with Crippen molar-refractivity contribution in [3.05, 3.63) is 58.1 Å². The summed E-state index contributed by atoms with van der Waals surface area (Å²) in [5.41, 5.74) is 13.2. The van der Waals surface area contributed by atoms with Crippen LogP contribution >= 0.6 is 0 Å². The van der Waals surface area contributed by atoms with Gasteiger partial charge in [-0.2, -0.15) is 5.26 Å². The van der Waals surface area contributed by atoms with Crippen LogP contribution in [-0.2, 0) is 6.54 Å². The Labute approximate surface area is 120 Å². The van der Waals surface area contributed by atoms with Crippen molar-refractivity contribution in [2.75, 3.05) is 11.1 Å². The van der Waals surface area contributed by atoms with Gasteiger partial charge in [-0.3, -0.25) is 0 Å². The largest absolute Gasteiger partial charge is 0.397 e. The molecule has 2 rings (SSSR count). The summed E-state index contributed by atoms with van der Waals surface area (Å²) in [6, 6.07) is 11.7. The third-order valence-corrected chi connectivity index (χ3v) is 3.82. The molecule has 0 unspecified atom stereocenters. The standard InChI is InChI=1S/C17H19N3/c1-11-4-6-15(13(3)12(11)2)10-20-17-7-5-14(9-18)8-16(17)19/h4-8,20H,10,19H2,1-3H3. The molecule has 0 atom stereocenters. The zero-order valence-corrected chi connectivity index (χ0v) is 12.1. The lowest BCUT2D eigenvalue weighted by molar-refractivity contribution is 1.09. The predicted octanol–water partition coefficient (Wildman–Crippen LogP) is 3.68. The van der Waals surface area contributed by atoms with E-state index in [4.69, 9.17) is 11.0 Å². The molecule has 0 bridgehead atoms. The van der Waals surface area contributed by atoms with Gasteiger partial charge >= 0.3 is 0 Å². The van der Waals surface area contributed by atoms with Gasteiger partial charge in [-0.1, -0.05) is 12.1 Å². The van der Waals surface area contributed by atoms with Gasteiger partial charge < -0.3 is 11.1 Å². The molecule has 0 aliphatic carbocycles. The van der Waals surface area contributed by atoms with E-state index < -0.39 is 0 Å². The number of nitrogens with two attached hydrogens (primary N) is 1. The van der Waals surface area contributed by atoms with Crippen LogP contribution in [0, 0.1) is 32.1 Å². The molecule has 3 heteroatoms. The number of aryl methyl sites for hydroxylation is 1. The maximum atomic E-state index is 8.83. The molecule has 3 N–H and O–H groups in total. The fourth-order valence-corrected chi connectivity index (χ4v) is 2.19. The number of nitrogens with one attached hydrogen (secondary N) is 1. The number of nitrogens with zero attached hydrogens (tertiary/aromatic N) is 1. The van der Waals surface area contributed by atoms with E-state index in [0.717, 1.165) is 12.2 Å². The van der Waals surface area contributed by atoms with Crippen LogP contribution in [0.1, 0.15) is 27.8 Å². The summed E-state index contributed by atoms with van der Waals surface area (Å²) in [5, 5.41) is 12.2. The second-order valence-electron chi connectivity index (χ2n) is 5.06. The van der Waals surface area contributed by atoms with Crippen LogP contribution in [0.5, 0.6) is 0 Å². The van der Waals surface area contributed by atoms with Gasteiger partial charge in [0.2, 0.25) is 0 Å². The monoisotopic (exact) mass is 265 g/mol. The molecule has 2 aromatic rings. The first-order valence-corrected chi connectivity index (χ1v) is 6.62. The Kier molecular flexibility index (Phi) is 3.95. The van der Waals surface area contributed by atoms with Gasteiger partial charge in [0, 0.05) is 6.54 Å². The second-order valence-corrected chi connectivity index (χ2v) is 5.06. The van der Waals surface area contributed by atoms with Crippen molar-refractivity contribution >= 4 is 11.4 Å². The number of nitrogen functional groups attached to an aromatic ring is 1. The van der Waals surface area contributed by atoms with Crippen LogP contribution in [0.3, 0.4) is 0 Å². The first-order chi connectivity index (χ1) is 9.52. The van der Waals surface area contributed by atoms with E-state index in [1.807, 2.05) is 6.07 Å². The van der Waals surface area contributed by atoms with Crippen molar-refractivity contribution in [2.45, 2.75) is 27.3 Å². The van der Waals surface area contributed by atoms with Crippen LogP contribution in [0.15, 0.2) is 30.3 Å². The third-order valence-electron chi connectivity index (χ3n) is 3.82. The van der Waals surface area contributed by atoms with E-state index in [9.17, 15) is 0 Å². The highest BCUT2D eigenvalue weighted by atomic mass is 14.9. The minimum absolute atomic E-state index is 0.579. The summed E-state index contributed by atoms with van der Waals surface area (Å²) in [7, 11) is 0. The number of anilines is 2. The summed E-state index contributed by atoms with van der Waals surface area (Å²) < 4.78 is 0. The molecule has 2 aromatic carbocycles. The van der Waals surface area contributed by atoms with Crippen molar-refractivity contribution in [2.24, 2.45) is 0 Å². The normalized spacial score (nSPS) is 10.1. The minimum Gasteiger partial charge on any atom is -0.397 e. The molecule has 0 amide bonds. The van der Waals surface area contributed by atoms with Gasteiger partial charge in [-0.05, 0) is 61.2 Å². The number of hydrogen-bond acceptors (Lipinski definition) is 3. The van der Waals surface area contributed by atoms with Crippen molar-refractivity contribution in [1.82, 2.24) is 0 Å². The Morgan fingerprint density at radius 1 is 1.10 bits per heavy atom. The molecule has 0 aromatic heterocycles. The van der Waals surface area contributed by atoms with E-state index in [1.54, 1.807) is 12.1 Å². The van der Waals surface area contributed by atoms with E-state index in [2.05, 4.69) is 44.3 Å². The first-order valence-electron chi connectivity index (χ1n) is 6.62. The summed E-state index contributed by atoms with van der Waals surface area (Å²) in [6.07, 6.45) is 0. The average Bonchev–Trinajstić information content (AvgIpc) is 2.45. The highest BCUT2D eigenvalue weighted by Crippen LogP contribution is 2.22. The predicted molar refractivity (Wildman–Crippen MR) is 83.5 cm³/mol. The van der Waals surface area contributed by atoms with Crippen LogP contribution in [-0.4, -0.2) is 0 Å². The molecule has 0 saturated carbocycles. The molecule has 0 aliphatic heterocycles. The summed E-state index contributed by atoms with van der Waals surface area (Å²) in [4.78, 5) is 0. The summed E-state index contributed by atoms with van der Waals surface area (Å²) >= 11 is 0. The molecule has 0 saturated heterocycles. The molecular formula is C17H19N3. The van der Waals surface area contributed by atoms with Crippen molar-refractivity contribution in [3.63, 3.8) is 0 Å². The Balaban J connectivity index is 2.18. The molecule has 0 radical (unpaired) electrons. The van der Waals surface area contributed by atoms with Crippen LogP contribution < -0.4 is 11.1 Å². The van der Waals surface area contributed by atoms with Crippen LogP contribution in [0.25, 0.3) is 0 Å². The van der Waals surface area contributed by atoms with Crippen molar-refractivity contribution in [3.8, 4) is 6.07 Å². The lowest BCUT2D eigenvalue weighted by Gasteiger charge is -2.14. The average molecular weight is 265 g/mol. The lowest BCUT2D eigenvalue weighted by atomic mass is 9.99. The van der Waals surface area contributed by atoms with E-state index in [0.29, 0.717) is 11.3 Å². The zero-order chi connectivity index (χ0) is 14.7. The van der Waals surface area contributed by atoms with Gasteiger partial charge in [0.1, 0.15) is 0 Å². The number of nitriles is 1. The lowest BCUT2D eigenvalue weighted by Crippen LogP contribution is -2.05. The fourth-order valence-electron chi connectivity index (χ4n) is 2.19. The molecule has 0 fully saturated rings. The zero-order valence-electron chi connectivity index (χ0n) is 12.1. The minimum atomic E-state index is 0.579. The van der Waals surface area contributed by atoms with Crippen LogP contribution in [0.2, 0.25) is 0 Å². The van der Waals surface area contributed by atoms with Gasteiger partial charge in [0.25, 0.3) is 0 Å². The van der Waals surface area contributed by atoms with Crippen LogP contribution in [0.4, 0.5) is 11.4 Å². The third kappa shape index (κ3) is 2.75. The second kappa shape index (κ2) is 5.66. The topological polar surface area (TPSA) is 61.8 Å². The van der Waals surface area contributed by atoms with Gasteiger partial charge in [0.05, 0.1) is 23.0 Å². The highest BCUT2D eigenvalue weighted by Gasteiger charge is 2.05. The molecule has 20 heavy (non-hydrogen) atoms. The fraction of sp³-hybridized carbons (Fsp3) is 0.235. The Morgan fingerprint density at radius 2 is 1.85 bits per heavy atom. The molecule has 0 spiro atoms. The summed E-state index contributed by atoms with van der Waals surface area (Å²) in [6.45, 7) is 7.13. The number of rotatable bonds is 3. The Morgan fingerprint density at radius 3 is 2.50 bits per heavy atom. The number of benzene rings is 2. The van der Waals surface area contributed by atoms with Gasteiger partial charge in [-0.15, -0.1) is 0 Å². The maximum absolute atomic E-state index is 8.83. The van der Waals surface area contributed by atoms with E-state index in [-0.39, 0.29) is 0 Å². The van der Waals surface area contributed by atoms with E-state index in [1.165, 1.54) is 22.3 Å². The summed E-state index contributed by atoms with van der Waals surface area (Å²) in [5.74, 6) is 0. The maximum Gasteiger partial charge on any atom is 0.0992 e. The van der Waals surface area contributed by atoms with E-state index >= 15 is 0 Å². The van der Waals surface area contributed by atoms with Crippen molar-refractivity contribution in [1.29, 1.82) is 5.26 Å². The highest BCUT2D eigenvalue weighted by molar-refractivity contribution is 5.68. The first kappa shape index (κ1) is 14.0. The van der Waals surface area contributed by atoms with Gasteiger partial charge in [0.15, 0.2) is 0 Å². The van der Waals surface area contributed by atoms with Crippen molar-refractivity contribution < 1.29 is 0 Å². The molecular weight excluding hydrogens is 246 g/mol. The number of hydrogen-bond donors (Lipinski definition) is 2. The molecule has 0 aliphatic rings. The SMILES string of the molecule is Cc1ccc(CNc2ccc(C#N)cc2N)c(C)c1C. The molecule has 3 nitrogen and oxygen atoms in total.